The van der Waals surface area contributed by atoms with Gasteiger partial charge in [0.1, 0.15) is 5.75 Å². The van der Waals surface area contributed by atoms with E-state index in [2.05, 4.69) is 0 Å². The van der Waals surface area contributed by atoms with Gasteiger partial charge < -0.3 is 4.74 Å². The molecule has 0 spiro atoms. The van der Waals surface area contributed by atoms with E-state index in [1.807, 2.05) is 0 Å². The summed E-state index contributed by atoms with van der Waals surface area (Å²) in [6.07, 6.45) is -11.0. The Labute approximate surface area is 122 Å². The van der Waals surface area contributed by atoms with Crippen molar-refractivity contribution in [1.82, 2.24) is 0 Å². The van der Waals surface area contributed by atoms with Gasteiger partial charge in [-0.25, -0.2) is 0 Å². The molecule has 0 aliphatic rings. The Hall–Kier alpha value is -1.11. The van der Waals surface area contributed by atoms with Gasteiger partial charge in [0.25, 0.3) is 0 Å². The molecule has 1 unspecified atom stereocenters. The van der Waals surface area contributed by atoms with Crippen molar-refractivity contribution in [1.29, 1.82) is 0 Å². The van der Waals surface area contributed by atoms with E-state index in [0.29, 0.717) is 5.56 Å². The minimum atomic E-state index is -5.50. The lowest BCUT2D eigenvalue weighted by Crippen LogP contribution is -2.39. The van der Waals surface area contributed by atoms with E-state index in [9.17, 15) is 26.3 Å². The molecular weight excluding hydrogens is 322 g/mol. The summed E-state index contributed by atoms with van der Waals surface area (Å²) < 4.78 is 81.4. The zero-order valence-corrected chi connectivity index (χ0v) is 11.9. The minimum Gasteiger partial charge on any atom is -0.494 e. The van der Waals surface area contributed by atoms with Crippen LogP contribution in [0.3, 0.4) is 0 Å². The summed E-state index contributed by atoms with van der Waals surface area (Å²) >= 11 is 5.53. The van der Waals surface area contributed by atoms with E-state index in [4.69, 9.17) is 16.3 Å². The lowest BCUT2D eigenvalue weighted by Gasteiger charge is -2.28. The zero-order chi connectivity index (χ0) is 16.4. The molecule has 0 bridgehead atoms. The maximum Gasteiger partial charge on any atom is 0.402 e. The van der Waals surface area contributed by atoms with Gasteiger partial charge in [-0.05, 0) is 19.9 Å². The van der Waals surface area contributed by atoms with Crippen molar-refractivity contribution in [2.24, 2.45) is 5.92 Å². The Kier molecular flexibility index (Phi) is 5.41. The average molecular weight is 335 g/mol. The summed E-state index contributed by atoms with van der Waals surface area (Å²) in [4.78, 5) is 0. The number of alkyl halides is 7. The van der Waals surface area contributed by atoms with Crippen molar-refractivity contribution in [3.8, 4) is 5.75 Å². The van der Waals surface area contributed by atoms with Gasteiger partial charge in [-0.15, -0.1) is 11.6 Å². The Morgan fingerprint density at radius 1 is 1.10 bits per heavy atom. The van der Waals surface area contributed by atoms with Crippen LogP contribution in [0.25, 0.3) is 0 Å². The first-order valence-electron chi connectivity index (χ1n) is 5.99. The van der Waals surface area contributed by atoms with Crippen LogP contribution in [0.2, 0.25) is 0 Å². The van der Waals surface area contributed by atoms with Crippen LogP contribution in [0.15, 0.2) is 18.2 Å². The number of benzene rings is 1. The van der Waals surface area contributed by atoms with E-state index in [1.54, 1.807) is 13.8 Å². The van der Waals surface area contributed by atoms with Gasteiger partial charge in [0.2, 0.25) is 0 Å². The van der Waals surface area contributed by atoms with Crippen LogP contribution in [0.4, 0.5) is 26.3 Å². The fourth-order valence-corrected chi connectivity index (χ4v) is 2.32. The van der Waals surface area contributed by atoms with Crippen molar-refractivity contribution in [2.45, 2.75) is 31.6 Å². The number of hydrogen-bond donors (Lipinski definition) is 0. The molecule has 1 atom stereocenters. The second-order valence-corrected chi connectivity index (χ2v) is 4.91. The third kappa shape index (κ3) is 4.43. The van der Waals surface area contributed by atoms with Gasteiger partial charge in [-0.3, -0.25) is 0 Å². The molecular formula is C13H13ClF6O. The van der Waals surface area contributed by atoms with Crippen LogP contribution < -0.4 is 4.74 Å². The number of aryl methyl sites for hydroxylation is 1. The summed E-state index contributed by atoms with van der Waals surface area (Å²) in [5, 5.41) is -2.31. The van der Waals surface area contributed by atoms with Crippen LogP contribution in [0.1, 0.15) is 23.4 Å². The predicted molar refractivity (Wildman–Crippen MR) is 66.5 cm³/mol. The molecule has 0 aliphatic carbocycles. The molecule has 0 amide bonds. The summed E-state index contributed by atoms with van der Waals surface area (Å²) in [6.45, 7) is 3.21. The largest absolute Gasteiger partial charge is 0.494 e. The van der Waals surface area contributed by atoms with Crippen molar-refractivity contribution in [3.63, 3.8) is 0 Å². The normalized spacial score (nSPS) is 14.4. The van der Waals surface area contributed by atoms with E-state index in [0.717, 1.165) is 0 Å². The molecule has 0 radical (unpaired) electrons. The minimum absolute atomic E-state index is 0.0819. The lowest BCUT2D eigenvalue weighted by atomic mass is 9.95. The third-order valence-electron chi connectivity index (χ3n) is 2.76. The van der Waals surface area contributed by atoms with Gasteiger partial charge in [0.05, 0.1) is 12.0 Å². The molecule has 1 aromatic rings. The molecule has 0 fully saturated rings. The molecule has 0 N–H and O–H groups in total. The van der Waals surface area contributed by atoms with Gasteiger partial charge in [0, 0.05) is 5.56 Å². The number of ether oxygens (including phenoxy) is 1. The molecule has 21 heavy (non-hydrogen) atoms. The van der Waals surface area contributed by atoms with Crippen LogP contribution in [-0.4, -0.2) is 19.0 Å². The van der Waals surface area contributed by atoms with Crippen molar-refractivity contribution < 1.29 is 31.1 Å². The summed E-state index contributed by atoms with van der Waals surface area (Å²) in [5.41, 5.74) is 0.167. The van der Waals surface area contributed by atoms with Crippen LogP contribution >= 0.6 is 11.6 Å². The fourth-order valence-electron chi connectivity index (χ4n) is 1.87. The molecule has 1 nitrogen and oxygen atoms in total. The SMILES string of the molecule is CCOc1ccc(C)cc1C(Cl)C(C(F)(F)F)C(F)(F)F. The second-order valence-electron chi connectivity index (χ2n) is 4.44. The van der Waals surface area contributed by atoms with Gasteiger partial charge in [-0.2, -0.15) is 26.3 Å². The molecule has 1 rings (SSSR count). The Balaban J connectivity index is 3.33. The summed E-state index contributed by atoms with van der Waals surface area (Å²) in [6, 6.07) is 4.01. The number of halogens is 7. The van der Waals surface area contributed by atoms with Crippen molar-refractivity contribution >= 4 is 11.6 Å². The molecule has 0 saturated carbocycles. The molecule has 0 aliphatic heterocycles. The van der Waals surface area contributed by atoms with Crippen LogP contribution in [0.5, 0.6) is 5.75 Å². The van der Waals surface area contributed by atoms with Gasteiger partial charge in [0.15, 0.2) is 5.92 Å². The smallest absolute Gasteiger partial charge is 0.402 e. The highest BCUT2D eigenvalue weighted by molar-refractivity contribution is 6.21. The average Bonchev–Trinajstić information content (AvgIpc) is 2.27. The summed E-state index contributed by atoms with van der Waals surface area (Å²) in [7, 11) is 0. The second kappa shape index (κ2) is 6.34. The van der Waals surface area contributed by atoms with Gasteiger partial charge in [-0.1, -0.05) is 17.7 Å². The van der Waals surface area contributed by atoms with Crippen LogP contribution in [-0.2, 0) is 0 Å². The first-order valence-corrected chi connectivity index (χ1v) is 6.43. The summed E-state index contributed by atoms with van der Waals surface area (Å²) in [5.74, 6) is -3.74. The van der Waals surface area contributed by atoms with Crippen molar-refractivity contribution in [3.05, 3.63) is 29.3 Å². The molecule has 1 aromatic carbocycles. The van der Waals surface area contributed by atoms with E-state index >= 15 is 0 Å². The maximum atomic E-state index is 12.7. The molecule has 0 saturated heterocycles. The zero-order valence-electron chi connectivity index (χ0n) is 11.1. The third-order valence-corrected chi connectivity index (χ3v) is 3.25. The standard InChI is InChI=1S/C13H13ClF6O/c1-3-21-9-5-4-7(2)6-8(9)10(14)11(12(15,16)17)13(18,19)20/h4-6,10-11H,3H2,1-2H3. The Morgan fingerprint density at radius 3 is 2.05 bits per heavy atom. The van der Waals surface area contributed by atoms with E-state index < -0.39 is 23.6 Å². The first-order chi connectivity index (χ1) is 9.48. The molecule has 0 aromatic heterocycles. The number of rotatable bonds is 4. The van der Waals surface area contributed by atoms with E-state index in [-0.39, 0.29) is 17.9 Å². The monoisotopic (exact) mass is 334 g/mol. The number of hydrogen-bond acceptors (Lipinski definition) is 1. The highest BCUT2D eigenvalue weighted by atomic mass is 35.5. The predicted octanol–water partition coefficient (Wildman–Crippen LogP) is 5.41. The first kappa shape index (κ1) is 17.9. The highest BCUT2D eigenvalue weighted by Crippen LogP contribution is 2.50. The Bertz CT molecular complexity index is 469. The van der Waals surface area contributed by atoms with Crippen molar-refractivity contribution in [2.75, 3.05) is 6.61 Å². The maximum absolute atomic E-state index is 12.7. The quantitative estimate of drug-likeness (QED) is 0.528. The topological polar surface area (TPSA) is 9.23 Å². The highest BCUT2D eigenvalue weighted by Gasteiger charge is 2.60. The Morgan fingerprint density at radius 2 is 1.62 bits per heavy atom. The fraction of sp³-hybridized carbons (Fsp3) is 0.538. The van der Waals surface area contributed by atoms with E-state index in [1.165, 1.54) is 18.2 Å². The van der Waals surface area contributed by atoms with Crippen LogP contribution in [0, 0.1) is 12.8 Å². The molecule has 0 heterocycles. The van der Waals surface area contributed by atoms with Gasteiger partial charge >= 0.3 is 12.4 Å². The lowest BCUT2D eigenvalue weighted by molar-refractivity contribution is -0.284. The molecule has 120 valence electrons. The molecule has 8 heteroatoms.